The van der Waals surface area contributed by atoms with Crippen LogP contribution in [0.4, 0.5) is 0 Å². The van der Waals surface area contributed by atoms with Crippen molar-refractivity contribution in [3.8, 4) is 0 Å². The number of nitrogens with one attached hydrogen (secondary N) is 1. The van der Waals surface area contributed by atoms with Gasteiger partial charge in [0.1, 0.15) is 0 Å². The average Bonchev–Trinajstić information content (AvgIpc) is 2.28. The van der Waals surface area contributed by atoms with E-state index in [2.05, 4.69) is 18.6 Å². The summed E-state index contributed by atoms with van der Waals surface area (Å²) >= 11 is 0. The van der Waals surface area contributed by atoms with E-state index in [-0.39, 0.29) is 11.8 Å². The molecule has 0 aromatic heterocycles. The molecule has 0 aliphatic heterocycles. The fraction of sp³-hybridized carbons (Fsp3) is 0.600. The van der Waals surface area contributed by atoms with E-state index < -0.39 is 10.0 Å². The van der Waals surface area contributed by atoms with Gasteiger partial charge in [0.25, 0.3) is 0 Å². The molecular formula is C15H25NO2S. The summed E-state index contributed by atoms with van der Waals surface area (Å²) in [5, 5.41) is 0. The highest BCUT2D eigenvalue weighted by atomic mass is 32.2. The third kappa shape index (κ3) is 7.33. The van der Waals surface area contributed by atoms with Crippen LogP contribution in [0.1, 0.15) is 45.6 Å². The van der Waals surface area contributed by atoms with Gasteiger partial charge in [-0.3, -0.25) is 0 Å². The zero-order chi connectivity index (χ0) is 14.3. The van der Waals surface area contributed by atoms with Crippen molar-refractivity contribution in [3.63, 3.8) is 0 Å². The van der Waals surface area contributed by atoms with Crippen LogP contribution in [-0.4, -0.2) is 14.5 Å². The Morgan fingerprint density at radius 1 is 1.05 bits per heavy atom. The summed E-state index contributed by atoms with van der Waals surface area (Å²) in [5.74, 6) is 0.732. The van der Waals surface area contributed by atoms with Crippen molar-refractivity contribution in [1.82, 2.24) is 4.72 Å². The summed E-state index contributed by atoms with van der Waals surface area (Å²) in [5.41, 5.74) is 0.824. The maximum atomic E-state index is 12.0. The smallest absolute Gasteiger partial charge is 0.212 e. The van der Waals surface area contributed by atoms with Gasteiger partial charge in [-0.25, -0.2) is 13.1 Å². The highest BCUT2D eigenvalue weighted by molar-refractivity contribution is 7.88. The summed E-state index contributed by atoms with van der Waals surface area (Å²) in [6, 6.07) is 9.28. The molecule has 0 aliphatic carbocycles. The minimum absolute atomic E-state index is 0.00691. The fourth-order valence-electron chi connectivity index (χ4n) is 2.03. The van der Waals surface area contributed by atoms with E-state index in [4.69, 9.17) is 0 Å². The molecule has 0 saturated heterocycles. The molecule has 1 aromatic carbocycles. The van der Waals surface area contributed by atoms with E-state index in [1.54, 1.807) is 0 Å². The van der Waals surface area contributed by atoms with Crippen LogP contribution in [0.2, 0.25) is 0 Å². The van der Waals surface area contributed by atoms with Gasteiger partial charge in [-0.2, -0.15) is 0 Å². The summed E-state index contributed by atoms with van der Waals surface area (Å²) in [4.78, 5) is 0. The van der Waals surface area contributed by atoms with E-state index in [0.717, 1.165) is 24.8 Å². The number of rotatable bonds is 8. The lowest BCUT2D eigenvalue weighted by atomic mass is 10.0. The molecule has 1 atom stereocenters. The Balaban J connectivity index is 2.42. The molecule has 19 heavy (non-hydrogen) atoms. The molecule has 0 heterocycles. The van der Waals surface area contributed by atoms with E-state index >= 15 is 0 Å². The first-order valence-electron chi connectivity index (χ1n) is 6.93. The Kier molecular flexibility index (Phi) is 6.52. The molecule has 1 aromatic rings. The normalized spacial score (nSPS) is 13.7. The van der Waals surface area contributed by atoms with Crippen LogP contribution in [-0.2, 0) is 15.8 Å². The maximum absolute atomic E-state index is 12.0. The van der Waals surface area contributed by atoms with Crippen molar-refractivity contribution in [2.75, 3.05) is 0 Å². The van der Waals surface area contributed by atoms with E-state index in [9.17, 15) is 8.42 Å². The number of hydrogen-bond donors (Lipinski definition) is 1. The van der Waals surface area contributed by atoms with Crippen LogP contribution in [0.3, 0.4) is 0 Å². The third-order valence-electron chi connectivity index (χ3n) is 3.00. The van der Waals surface area contributed by atoms with Gasteiger partial charge in [0.2, 0.25) is 10.0 Å². The first-order valence-corrected chi connectivity index (χ1v) is 8.58. The minimum atomic E-state index is -3.23. The van der Waals surface area contributed by atoms with Crippen molar-refractivity contribution >= 4 is 10.0 Å². The summed E-state index contributed by atoms with van der Waals surface area (Å²) in [6.45, 7) is 6.30. The van der Waals surface area contributed by atoms with Crippen molar-refractivity contribution < 1.29 is 8.42 Å². The Bertz CT molecular complexity index is 454. The third-order valence-corrected chi connectivity index (χ3v) is 4.47. The molecule has 3 nitrogen and oxygen atoms in total. The number of benzene rings is 1. The first kappa shape index (κ1) is 16.2. The van der Waals surface area contributed by atoms with Gasteiger partial charge in [0, 0.05) is 6.04 Å². The molecule has 0 spiro atoms. The maximum Gasteiger partial charge on any atom is 0.216 e. The monoisotopic (exact) mass is 283 g/mol. The highest BCUT2D eigenvalue weighted by Gasteiger charge is 2.15. The molecule has 0 radical (unpaired) electrons. The summed E-state index contributed by atoms with van der Waals surface area (Å²) in [6.07, 6.45) is 3.10. The van der Waals surface area contributed by atoms with Gasteiger partial charge >= 0.3 is 0 Å². The van der Waals surface area contributed by atoms with Crippen LogP contribution in [0.15, 0.2) is 30.3 Å². The largest absolute Gasteiger partial charge is 0.216 e. The number of hydrogen-bond acceptors (Lipinski definition) is 2. The fourth-order valence-corrected chi connectivity index (χ4v) is 3.48. The van der Waals surface area contributed by atoms with Crippen molar-refractivity contribution in [1.29, 1.82) is 0 Å². The Morgan fingerprint density at radius 3 is 2.26 bits per heavy atom. The van der Waals surface area contributed by atoms with Crippen molar-refractivity contribution in [2.45, 2.75) is 51.8 Å². The molecule has 0 saturated carbocycles. The molecule has 1 rings (SSSR count). The predicted octanol–water partition coefficient (Wildman–Crippen LogP) is 3.32. The summed E-state index contributed by atoms with van der Waals surface area (Å²) < 4.78 is 26.7. The molecule has 108 valence electrons. The quantitative estimate of drug-likeness (QED) is 0.795. The van der Waals surface area contributed by atoms with Gasteiger partial charge < -0.3 is 0 Å². The summed E-state index contributed by atoms with van der Waals surface area (Å²) in [7, 11) is -3.23. The van der Waals surface area contributed by atoms with Crippen molar-refractivity contribution in [3.05, 3.63) is 35.9 Å². The van der Waals surface area contributed by atoms with Crippen LogP contribution in [0.25, 0.3) is 0 Å². The van der Waals surface area contributed by atoms with E-state index in [1.807, 2.05) is 37.3 Å². The second-order valence-electron chi connectivity index (χ2n) is 5.59. The zero-order valence-electron chi connectivity index (χ0n) is 12.1. The lowest BCUT2D eigenvalue weighted by molar-refractivity contribution is 0.488. The lowest BCUT2D eigenvalue weighted by Gasteiger charge is -2.14. The van der Waals surface area contributed by atoms with Crippen LogP contribution >= 0.6 is 0 Å². The SMILES string of the molecule is CC(C)CCC[C@@H](C)NS(=O)(=O)Cc1ccccc1. The Morgan fingerprint density at radius 2 is 1.68 bits per heavy atom. The van der Waals surface area contributed by atoms with Gasteiger partial charge in [-0.1, -0.05) is 57.0 Å². The zero-order valence-corrected chi connectivity index (χ0v) is 12.9. The van der Waals surface area contributed by atoms with Crippen LogP contribution in [0.5, 0.6) is 0 Å². The molecule has 0 fully saturated rings. The topological polar surface area (TPSA) is 46.2 Å². The van der Waals surface area contributed by atoms with Gasteiger partial charge in [0.05, 0.1) is 5.75 Å². The van der Waals surface area contributed by atoms with Crippen molar-refractivity contribution in [2.24, 2.45) is 5.92 Å². The molecule has 0 amide bonds. The van der Waals surface area contributed by atoms with Crippen LogP contribution < -0.4 is 4.72 Å². The highest BCUT2D eigenvalue weighted by Crippen LogP contribution is 2.10. The molecule has 0 bridgehead atoms. The average molecular weight is 283 g/mol. The second-order valence-corrected chi connectivity index (χ2v) is 7.34. The number of sulfonamides is 1. The molecule has 1 N–H and O–H groups in total. The molecular weight excluding hydrogens is 258 g/mol. The molecule has 4 heteroatoms. The minimum Gasteiger partial charge on any atom is -0.212 e. The molecule has 0 aliphatic rings. The first-order chi connectivity index (χ1) is 8.89. The second kappa shape index (κ2) is 7.65. The Labute approximate surface area is 117 Å². The predicted molar refractivity (Wildman–Crippen MR) is 80.4 cm³/mol. The van der Waals surface area contributed by atoms with E-state index in [1.165, 1.54) is 0 Å². The lowest BCUT2D eigenvalue weighted by Crippen LogP contribution is -2.33. The standard InChI is InChI=1S/C15H25NO2S/c1-13(2)8-7-9-14(3)16-19(17,18)12-15-10-5-4-6-11-15/h4-6,10-11,13-14,16H,7-9,12H2,1-3H3/t14-/m1/s1. The Hall–Kier alpha value is -0.870. The van der Waals surface area contributed by atoms with Crippen LogP contribution in [0, 0.1) is 5.92 Å². The van der Waals surface area contributed by atoms with E-state index in [0.29, 0.717) is 5.92 Å². The molecule has 0 unspecified atom stereocenters. The van der Waals surface area contributed by atoms with Gasteiger partial charge in [0.15, 0.2) is 0 Å². The van der Waals surface area contributed by atoms with Gasteiger partial charge in [-0.05, 0) is 24.8 Å². The van der Waals surface area contributed by atoms with Gasteiger partial charge in [-0.15, -0.1) is 0 Å².